The molecule has 1 saturated heterocycles. The van der Waals surface area contributed by atoms with Crippen LogP contribution in [0.4, 0.5) is 0 Å². The lowest BCUT2D eigenvalue weighted by molar-refractivity contribution is -0.197. The predicted molar refractivity (Wildman–Crippen MR) is 103 cm³/mol. The van der Waals surface area contributed by atoms with Crippen LogP contribution >= 0.6 is 0 Å². The monoisotopic (exact) mass is 392 g/mol. The van der Waals surface area contributed by atoms with Gasteiger partial charge in [0, 0.05) is 23.8 Å². The number of carbonyl (C=O) groups excluding carboxylic acids is 2. The highest BCUT2D eigenvalue weighted by atomic mass is 16.5. The Kier molecular flexibility index (Phi) is 5.02. The second kappa shape index (κ2) is 6.68. The molecule has 2 fully saturated rings. The average molecular weight is 392 g/mol. The van der Waals surface area contributed by atoms with Gasteiger partial charge < -0.3 is 14.6 Å². The minimum Gasteiger partial charge on any atom is -0.481 e. The minimum atomic E-state index is -0.900. The predicted octanol–water partition coefficient (Wildman–Crippen LogP) is 3.67. The zero-order chi connectivity index (χ0) is 21.0. The maximum atomic E-state index is 13.2. The standard InChI is InChI=1S/C22H32O6/c1-14(23)27-13-15-11-16(24)18-19(2,3)7-6-8-21(18,5)22(15)10-9-20(4,28-22)12-17(25)26/h11,18H,6-10,12-13H2,1-5H3,(H,25,26)/t18-,20+,21-,22+/m0/s1. The molecular weight excluding hydrogens is 360 g/mol. The third-order valence-corrected chi connectivity index (χ3v) is 7.36. The van der Waals surface area contributed by atoms with Crippen LogP contribution < -0.4 is 0 Å². The number of hydrogen-bond acceptors (Lipinski definition) is 5. The van der Waals surface area contributed by atoms with E-state index in [1.54, 1.807) is 6.08 Å². The van der Waals surface area contributed by atoms with Crippen molar-refractivity contribution in [2.45, 2.75) is 84.3 Å². The van der Waals surface area contributed by atoms with Crippen LogP contribution in [0.25, 0.3) is 0 Å². The van der Waals surface area contributed by atoms with Crippen molar-refractivity contribution in [2.75, 3.05) is 6.61 Å². The Labute approximate surface area is 166 Å². The fourth-order valence-electron chi connectivity index (χ4n) is 6.31. The number of allylic oxidation sites excluding steroid dienone is 1. The molecule has 28 heavy (non-hydrogen) atoms. The summed E-state index contributed by atoms with van der Waals surface area (Å²) in [4.78, 5) is 36.1. The number of carboxylic acid groups (broad SMARTS) is 1. The van der Waals surface area contributed by atoms with Crippen LogP contribution in [0.1, 0.15) is 73.1 Å². The van der Waals surface area contributed by atoms with E-state index in [1.165, 1.54) is 6.92 Å². The Morgan fingerprint density at radius 3 is 2.46 bits per heavy atom. The zero-order valence-corrected chi connectivity index (χ0v) is 17.6. The molecule has 2 aliphatic carbocycles. The molecule has 0 radical (unpaired) electrons. The van der Waals surface area contributed by atoms with Crippen molar-refractivity contribution in [1.82, 2.24) is 0 Å². The maximum absolute atomic E-state index is 13.2. The van der Waals surface area contributed by atoms with E-state index in [9.17, 15) is 19.5 Å². The molecule has 1 N–H and O–H groups in total. The Bertz CT molecular complexity index is 737. The number of hydrogen-bond donors (Lipinski definition) is 1. The summed E-state index contributed by atoms with van der Waals surface area (Å²) in [6.07, 6.45) is 5.52. The molecule has 0 bridgehead atoms. The Morgan fingerprint density at radius 2 is 1.86 bits per heavy atom. The molecule has 0 aromatic rings. The summed E-state index contributed by atoms with van der Waals surface area (Å²) >= 11 is 0. The van der Waals surface area contributed by atoms with E-state index in [0.29, 0.717) is 18.4 Å². The molecule has 3 rings (SSSR count). The number of esters is 1. The smallest absolute Gasteiger partial charge is 0.306 e. The summed E-state index contributed by atoms with van der Waals surface area (Å²) < 4.78 is 11.9. The number of aliphatic carboxylic acids is 1. The summed E-state index contributed by atoms with van der Waals surface area (Å²) in [5, 5.41) is 9.37. The van der Waals surface area contributed by atoms with E-state index in [1.807, 2.05) is 6.92 Å². The molecule has 0 aromatic heterocycles. The van der Waals surface area contributed by atoms with Crippen molar-refractivity contribution in [1.29, 1.82) is 0 Å². The van der Waals surface area contributed by atoms with Gasteiger partial charge in [0.25, 0.3) is 0 Å². The Balaban J connectivity index is 2.11. The molecule has 0 amide bonds. The molecule has 6 heteroatoms. The zero-order valence-electron chi connectivity index (χ0n) is 17.6. The second-order valence-corrected chi connectivity index (χ2v) is 9.99. The van der Waals surface area contributed by atoms with Crippen molar-refractivity contribution in [3.8, 4) is 0 Å². The first-order valence-electron chi connectivity index (χ1n) is 10.2. The average Bonchev–Trinajstić information content (AvgIpc) is 2.87. The molecule has 4 atom stereocenters. The number of fused-ring (bicyclic) bond motifs is 2. The van der Waals surface area contributed by atoms with E-state index < -0.39 is 28.6 Å². The number of ether oxygens (including phenoxy) is 2. The lowest BCUT2D eigenvalue weighted by Crippen LogP contribution is -2.63. The fraction of sp³-hybridized carbons (Fsp3) is 0.773. The lowest BCUT2D eigenvalue weighted by atomic mass is 9.46. The van der Waals surface area contributed by atoms with E-state index in [-0.39, 0.29) is 30.1 Å². The highest BCUT2D eigenvalue weighted by Crippen LogP contribution is 2.65. The van der Waals surface area contributed by atoms with Crippen LogP contribution in [-0.4, -0.2) is 40.6 Å². The fourth-order valence-corrected chi connectivity index (χ4v) is 6.31. The first-order chi connectivity index (χ1) is 12.9. The number of carboxylic acids is 1. The van der Waals surface area contributed by atoms with Crippen molar-refractivity contribution < 1.29 is 29.0 Å². The van der Waals surface area contributed by atoms with Crippen LogP contribution in [-0.2, 0) is 23.9 Å². The van der Waals surface area contributed by atoms with E-state index in [2.05, 4.69) is 20.8 Å². The number of ketones is 1. The van der Waals surface area contributed by atoms with E-state index in [0.717, 1.165) is 19.3 Å². The maximum Gasteiger partial charge on any atom is 0.306 e. The molecule has 1 saturated carbocycles. The first kappa shape index (κ1) is 21.0. The summed E-state index contributed by atoms with van der Waals surface area (Å²) in [5.74, 6) is -1.45. The summed E-state index contributed by atoms with van der Waals surface area (Å²) in [6.45, 7) is 9.57. The molecule has 0 unspecified atom stereocenters. The van der Waals surface area contributed by atoms with Gasteiger partial charge in [-0.15, -0.1) is 0 Å². The van der Waals surface area contributed by atoms with Crippen LogP contribution in [0, 0.1) is 16.7 Å². The molecule has 0 aromatic carbocycles. The quantitative estimate of drug-likeness (QED) is 0.734. The summed E-state index contributed by atoms with van der Waals surface area (Å²) in [6, 6.07) is 0. The minimum absolute atomic E-state index is 0.00691. The highest BCUT2D eigenvalue weighted by molar-refractivity contribution is 5.95. The van der Waals surface area contributed by atoms with Gasteiger partial charge in [0.1, 0.15) is 6.61 Å². The van der Waals surface area contributed by atoms with Crippen LogP contribution in [0.2, 0.25) is 0 Å². The van der Waals surface area contributed by atoms with Gasteiger partial charge in [-0.1, -0.05) is 27.2 Å². The van der Waals surface area contributed by atoms with Gasteiger partial charge in [-0.25, -0.2) is 0 Å². The van der Waals surface area contributed by atoms with Crippen LogP contribution in [0.3, 0.4) is 0 Å². The third-order valence-electron chi connectivity index (χ3n) is 7.36. The van der Waals surface area contributed by atoms with Gasteiger partial charge in [0.2, 0.25) is 0 Å². The normalized spacial score (nSPS) is 39.4. The summed E-state index contributed by atoms with van der Waals surface area (Å²) in [5.41, 5.74) is -1.56. The molecule has 1 aliphatic heterocycles. The van der Waals surface area contributed by atoms with Gasteiger partial charge in [-0.2, -0.15) is 0 Å². The third kappa shape index (κ3) is 3.19. The van der Waals surface area contributed by atoms with Gasteiger partial charge in [0.15, 0.2) is 5.78 Å². The van der Waals surface area contributed by atoms with Gasteiger partial charge in [-0.05, 0) is 44.1 Å². The van der Waals surface area contributed by atoms with Crippen molar-refractivity contribution >= 4 is 17.7 Å². The topological polar surface area (TPSA) is 89.9 Å². The van der Waals surface area contributed by atoms with Crippen molar-refractivity contribution in [3.05, 3.63) is 11.6 Å². The number of rotatable bonds is 4. The van der Waals surface area contributed by atoms with Crippen molar-refractivity contribution in [3.63, 3.8) is 0 Å². The second-order valence-electron chi connectivity index (χ2n) is 9.99. The number of carbonyl (C=O) groups is 3. The highest BCUT2D eigenvalue weighted by Gasteiger charge is 2.67. The van der Waals surface area contributed by atoms with Crippen molar-refractivity contribution in [2.24, 2.45) is 16.7 Å². The van der Waals surface area contributed by atoms with Crippen LogP contribution in [0.15, 0.2) is 11.6 Å². The molecule has 1 spiro atoms. The van der Waals surface area contributed by atoms with Gasteiger partial charge >= 0.3 is 11.9 Å². The van der Waals surface area contributed by atoms with E-state index >= 15 is 0 Å². The van der Waals surface area contributed by atoms with Crippen LogP contribution in [0.5, 0.6) is 0 Å². The van der Waals surface area contributed by atoms with Gasteiger partial charge in [-0.3, -0.25) is 14.4 Å². The Morgan fingerprint density at radius 1 is 1.18 bits per heavy atom. The Hall–Kier alpha value is -1.69. The molecule has 3 aliphatic rings. The molecule has 1 heterocycles. The first-order valence-corrected chi connectivity index (χ1v) is 10.2. The largest absolute Gasteiger partial charge is 0.481 e. The van der Waals surface area contributed by atoms with Gasteiger partial charge in [0.05, 0.1) is 17.6 Å². The molecular formula is C22H32O6. The lowest BCUT2D eigenvalue weighted by Gasteiger charge is -2.60. The van der Waals surface area contributed by atoms with E-state index in [4.69, 9.17) is 9.47 Å². The molecule has 156 valence electrons. The summed E-state index contributed by atoms with van der Waals surface area (Å²) in [7, 11) is 0. The SMILES string of the molecule is CC(=O)OCC1=CC(=O)[C@H]2C(C)(C)CCC[C@]2(C)[C@@]12CC[C@](C)(CC(=O)O)O2. The molecule has 6 nitrogen and oxygen atoms in total.